The first kappa shape index (κ1) is 19.4. The Morgan fingerprint density at radius 1 is 0.588 bits per heavy atom. The minimum Gasteiger partial charge on any atom is -0.456 e. The van der Waals surface area contributed by atoms with Crippen molar-refractivity contribution in [3.05, 3.63) is 109 Å². The van der Waals surface area contributed by atoms with E-state index < -0.39 is 0 Å². The summed E-state index contributed by atoms with van der Waals surface area (Å²) in [5.74, 6) is 0. The van der Waals surface area contributed by atoms with Gasteiger partial charge < -0.3 is 9.32 Å². The summed E-state index contributed by atoms with van der Waals surface area (Å²) >= 11 is 1.85. The number of hydrogen-bond acceptors (Lipinski definition) is 3. The molecule has 2 aromatic heterocycles. The van der Waals surface area contributed by atoms with E-state index in [1.54, 1.807) is 0 Å². The van der Waals surface area contributed by atoms with Crippen molar-refractivity contribution < 1.29 is 4.42 Å². The highest BCUT2D eigenvalue weighted by Crippen LogP contribution is 2.40. The molecule has 0 aliphatic carbocycles. The molecule has 2 heterocycles. The van der Waals surface area contributed by atoms with Crippen LogP contribution in [0.5, 0.6) is 0 Å². The second kappa shape index (κ2) is 7.47. The fraction of sp³-hybridized carbons (Fsp3) is 0.0323. The average molecular weight is 456 g/mol. The van der Waals surface area contributed by atoms with E-state index in [-0.39, 0.29) is 0 Å². The van der Waals surface area contributed by atoms with Crippen molar-refractivity contribution in [2.24, 2.45) is 0 Å². The fourth-order valence-corrected chi connectivity index (χ4v) is 6.09. The van der Waals surface area contributed by atoms with Gasteiger partial charge >= 0.3 is 0 Å². The molecule has 34 heavy (non-hydrogen) atoms. The molecule has 7 rings (SSSR count). The highest BCUT2D eigenvalue weighted by atomic mass is 32.1. The van der Waals surface area contributed by atoms with E-state index >= 15 is 0 Å². The van der Waals surface area contributed by atoms with Crippen LogP contribution < -0.4 is 4.90 Å². The maximum absolute atomic E-state index is 6.23. The van der Waals surface area contributed by atoms with Crippen molar-refractivity contribution >= 4 is 64.8 Å². The maximum atomic E-state index is 6.23. The standard InChI is InChI=1S/C31H21NOS/c1-32(22-14-16-25-24-10-5-6-13-29(24)34-30(25)19-22)21-15-17-27-26(18-21)31-23(11-7-12-28(31)33-27)20-8-3-2-4-9-20/h2-19H,1H3. The van der Waals surface area contributed by atoms with Gasteiger partial charge in [0.2, 0.25) is 0 Å². The number of fused-ring (bicyclic) bond motifs is 6. The second-order valence-electron chi connectivity index (χ2n) is 8.66. The average Bonchev–Trinajstić information content (AvgIpc) is 3.46. The molecular weight excluding hydrogens is 434 g/mol. The molecule has 3 heteroatoms. The molecule has 0 amide bonds. The number of hydrogen-bond donors (Lipinski definition) is 0. The zero-order valence-corrected chi connectivity index (χ0v) is 19.5. The third-order valence-electron chi connectivity index (χ3n) is 6.70. The van der Waals surface area contributed by atoms with Crippen molar-refractivity contribution in [2.75, 3.05) is 11.9 Å². The number of nitrogens with zero attached hydrogens (tertiary/aromatic N) is 1. The Morgan fingerprint density at radius 2 is 1.35 bits per heavy atom. The highest BCUT2D eigenvalue weighted by molar-refractivity contribution is 7.25. The lowest BCUT2D eigenvalue weighted by atomic mass is 9.99. The second-order valence-corrected chi connectivity index (χ2v) is 9.75. The molecule has 0 spiro atoms. The summed E-state index contributed by atoms with van der Waals surface area (Å²) in [7, 11) is 2.13. The SMILES string of the molecule is CN(c1ccc2c(c1)sc1ccccc12)c1ccc2oc3cccc(-c4ccccc4)c3c2c1. The van der Waals surface area contributed by atoms with Crippen LogP contribution in [0.4, 0.5) is 11.4 Å². The molecule has 162 valence electrons. The molecule has 5 aromatic carbocycles. The van der Waals surface area contributed by atoms with Gasteiger partial charge in [0, 0.05) is 49.4 Å². The van der Waals surface area contributed by atoms with Crippen LogP contribution >= 0.6 is 11.3 Å². The molecule has 0 saturated carbocycles. The van der Waals surface area contributed by atoms with Crippen LogP contribution in [0.3, 0.4) is 0 Å². The Morgan fingerprint density at radius 3 is 2.26 bits per heavy atom. The van der Waals surface area contributed by atoms with Gasteiger partial charge in [-0.1, -0.05) is 66.7 Å². The quantitative estimate of drug-likeness (QED) is 0.264. The minimum absolute atomic E-state index is 0.912. The predicted octanol–water partition coefficient (Wildman–Crippen LogP) is 9.39. The fourth-order valence-electron chi connectivity index (χ4n) is 4.95. The van der Waals surface area contributed by atoms with Crippen molar-refractivity contribution in [3.63, 3.8) is 0 Å². The van der Waals surface area contributed by atoms with Crippen molar-refractivity contribution in [1.29, 1.82) is 0 Å². The van der Waals surface area contributed by atoms with Crippen LogP contribution in [0.15, 0.2) is 114 Å². The van der Waals surface area contributed by atoms with Gasteiger partial charge in [-0.15, -0.1) is 11.3 Å². The molecule has 0 radical (unpaired) electrons. The van der Waals surface area contributed by atoms with Gasteiger partial charge in [-0.2, -0.15) is 0 Å². The number of furan rings is 1. The lowest BCUT2D eigenvalue weighted by Crippen LogP contribution is -2.08. The number of benzene rings is 5. The zero-order valence-electron chi connectivity index (χ0n) is 18.7. The highest BCUT2D eigenvalue weighted by Gasteiger charge is 2.15. The largest absolute Gasteiger partial charge is 0.456 e. The van der Waals surface area contributed by atoms with Crippen LogP contribution in [0.25, 0.3) is 53.2 Å². The number of thiophene rings is 1. The summed E-state index contributed by atoms with van der Waals surface area (Å²) in [5.41, 5.74) is 6.54. The van der Waals surface area contributed by atoms with Gasteiger partial charge in [0.1, 0.15) is 11.2 Å². The maximum Gasteiger partial charge on any atom is 0.136 e. The Bertz CT molecular complexity index is 1830. The van der Waals surface area contributed by atoms with Gasteiger partial charge in [-0.25, -0.2) is 0 Å². The molecule has 0 bridgehead atoms. The first-order valence-electron chi connectivity index (χ1n) is 11.4. The zero-order chi connectivity index (χ0) is 22.6. The summed E-state index contributed by atoms with van der Waals surface area (Å²) in [6.07, 6.45) is 0. The normalized spacial score (nSPS) is 11.7. The van der Waals surface area contributed by atoms with Crippen LogP contribution in [0.1, 0.15) is 0 Å². The van der Waals surface area contributed by atoms with E-state index in [0.29, 0.717) is 0 Å². The number of rotatable bonds is 3. The lowest BCUT2D eigenvalue weighted by molar-refractivity contribution is 0.669. The molecule has 7 aromatic rings. The number of anilines is 2. The van der Waals surface area contributed by atoms with Crippen molar-refractivity contribution in [2.45, 2.75) is 0 Å². The van der Waals surface area contributed by atoms with Gasteiger partial charge in [-0.05, 0) is 53.6 Å². The van der Waals surface area contributed by atoms with Crippen LogP contribution in [0.2, 0.25) is 0 Å². The van der Waals surface area contributed by atoms with Gasteiger partial charge in [0.25, 0.3) is 0 Å². The summed E-state index contributed by atoms with van der Waals surface area (Å²) in [6, 6.07) is 38.7. The van der Waals surface area contributed by atoms with Gasteiger partial charge in [-0.3, -0.25) is 0 Å². The van der Waals surface area contributed by atoms with E-state index in [2.05, 4.69) is 121 Å². The van der Waals surface area contributed by atoms with Crippen molar-refractivity contribution in [1.82, 2.24) is 0 Å². The molecule has 0 aliphatic rings. The molecule has 2 nitrogen and oxygen atoms in total. The molecule has 0 saturated heterocycles. The van der Waals surface area contributed by atoms with Crippen LogP contribution in [-0.2, 0) is 0 Å². The topological polar surface area (TPSA) is 16.4 Å². The smallest absolute Gasteiger partial charge is 0.136 e. The first-order valence-corrected chi connectivity index (χ1v) is 12.2. The Balaban J connectivity index is 1.38. The van der Waals surface area contributed by atoms with E-state index in [0.717, 1.165) is 22.2 Å². The van der Waals surface area contributed by atoms with Gasteiger partial charge in [0.05, 0.1) is 0 Å². The van der Waals surface area contributed by atoms with E-state index in [1.807, 2.05) is 11.3 Å². The molecule has 0 atom stereocenters. The summed E-state index contributed by atoms with van der Waals surface area (Å²) in [6.45, 7) is 0. The molecule has 0 aliphatic heterocycles. The molecule has 0 fully saturated rings. The van der Waals surface area contributed by atoms with E-state index in [4.69, 9.17) is 4.42 Å². The van der Waals surface area contributed by atoms with E-state index in [9.17, 15) is 0 Å². The Labute approximate surface area is 201 Å². The Hall–Kier alpha value is -4.08. The molecule has 0 unspecified atom stereocenters. The Kier molecular flexibility index (Phi) is 4.26. The lowest BCUT2D eigenvalue weighted by Gasteiger charge is -2.20. The molecule has 0 N–H and O–H groups in total. The van der Waals surface area contributed by atoms with Crippen molar-refractivity contribution in [3.8, 4) is 11.1 Å². The monoisotopic (exact) mass is 455 g/mol. The summed E-state index contributed by atoms with van der Waals surface area (Å²) < 4.78 is 8.87. The third kappa shape index (κ3) is 2.94. The minimum atomic E-state index is 0.912. The summed E-state index contributed by atoms with van der Waals surface area (Å²) in [5, 5.41) is 4.96. The predicted molar refractivity (Wildman–Crippen MR) is 147 cm³/mol. The summed E-state index contributed by atoms with van der Waals surface area (Å²) in [4.78, 5) is 2.26. The third-order valence-corrected chi connectivity index (χ3v) is 7.83. The van der Waals surface area contributed by atoms with E-state index in [1.165, 1.54) is 42.4 Å². The van der Waals surface area contributed by atoms with Gasteiger partial charge in [0.15, 0.2) is 0 Å². The van der Waals surface area contributed by atoms with Crippen LogP contribution in [0, 0.1) is 0 Å². The van der Waals surface area contributed by atoms with Crippen LogP contribution in [-0.4, -0.2) is 7.05 Å². The first-order chi connectivity index (χ1) is 16.8. The molecular formula is C31H21NOS.